The molecule has 0 radical (unpaired) electrons. The molecule has 2 unspecified atom stereocenters. The number of thiazole rings is 1. The van der Waals surface area contributed by atoms with Crippen molar-refractivity contribution in [1.82, 2.24) is 9.88 Å². The molecule has 1 saturated carbocycles. The maximum absolute atomic E-state index is 13.1. The molecule has 1 saturated heterocycles. The minimum atomic E-state index is -0.0897. The van der Waals surface area contributed by atoms with Crippen LogP contribution in [0.15, 0.2) is 42.5 Å². The highest BCUT2D eigenvalue weighted by Gasteiger charge is 2.34. The predicted molar refractivity (Wildman–Crippen MR) is 130 cm³/mol. The van der Waals surface area contributed by atoms with Crippen LogP contribution in [0, 0.1) is 11.8 Å². The smallest absolute Gasteiger partial charge is 0.156 e. The van der Waals surface area contributed by atoms with Crippen molar-refractivity contribution in [1.29, 1.82) is 0 Å². The van der Waals surface area contributed by atoms with Crippen molar-refractivity contribution in [3.8, 4) is 0 Å². The fourth-order valence-electron chi connectivity index (χ4n) is 5.06. The van der Waals surface area contributed by atoms with E-state index in [9.17, 15) is 4.79 Å². The summed E-state index contributed by atoms with van der Waals surface area (Å²) in [4.78, 5) is 20.0. The Morgan fingerprint density at radius 3 is 2.76 bits per heavy atom. The van der Waals surface area contributed by atoms with Gasteiger partial charge in [0.15, 0.2) is 5.78 Å². The number of rotatable bonds is 9. The number of nitrogens with zero attached hydrogens (tertiary/aromatic N) is 2. The molecule has 6 heteroatoms. The lowest BCUT2D eigenvalue weighted by Gasteiger charge is -2.22. The topological polar surface area (TPSA) is 51.7 Å². The molecule has 33 heavy (non-hydrogen) atoms. The third kappa shape index (κ3) is 4.66. The van der Waals surface area contributed by atoms with Gasteiger partial charge in [-0.2, -0.15) is 0 Å². The number of carbonyl (C=O) groups is 1. The predicted octanol–water partition coefficient (Wildman–Crippen LogP) is 3.23. The molecule has 0 spiro atoms. The third-order valence-electron chi connectivity index (χ3n) is 6.91. The minimum Gasteiger partial charge on any atom is -0.351 e. The van der Waals surface area contributed by atoms with Gasteiger partial charge >= 0.3 is 0 Å². The molecule has 1 aromatic heterocycles. The second-order valence-electron chi connectivity index (χ2n) is 9.35. The highest BCUT2D eigenvalue weighted by Crippen LogP contribution is 2.42. The van der Waals surface area contributed by atoms with Gasteiger partial charge in [0.2, 0.25) is 0 Å². The van der Waals surface area contributed by atoms with Crippen molar-refractivity contribution in [3.05, 3.63) is 63.5 Å². The zero-order chi connectivity index (χ0) is 22.2. The van der Waals surface area contributed by atoms with Crippen molar-refractivity contribution in [2.24, 2.45) is 11.8 Å². The first-order valence-corrected chi connectivity index (χ1v) is 12.6. The van der Waals surface area contributed by atoms with E-state index in [1.54, 1.807) is 11.3 Å². The Labute approximate surface area is 197 Å². The van der Waals surface area contributed by atoms with Gasteiger partial charge < -0.3 is 9.47 Å². The number of hydrogen-bond acceptors (Lipinski definition) is 6. The summed E-state index contributed by atoms with van der Waals surface area (Å²) in [5, 5.41) is 3.55. The van der Waals surface area contributed by atoms with Gasteiger partial charge in [0, 0.05) is 6.54 Å². The molecule has 3 aliphatic rings. The summed E-state index contributed by atoms with van der Waals surface area (Å²) in [6.07, 6.45) is 8.39. The fourth-order valence-corrected chi connectivity index (χ4v) is 6.06. The summed E-state index contributed by atoms with van der Waals surface area (Å²) in [5.74, 6) is 1.71. The van der Waals surface area contributed by atoms with E-state index in [1.807, 2.05) is 30.3 Å². The molecule has 170 valence electrons. The molecule has 0 amide bonds. The molecule has 0 N–H and O–H groups in total. The van der Waals surface area contributed by atoms with Gasteiger partial charge in [-0.05, 0) is 59.2 Å². The third-order valence-corrected chi connectivity index (χ3v) is 7.93. The summed E-state index contributed by atoms with van der Waals surface area (Å²) in [6.45, 7) is 2.06. The lowest BCUT2D eigenvalue weighted by atomic mass is 10.1. The lowest BCUT2D eigenvalue weighted by Crippen LogP contribution is -2.38. The molecule has 5 nitrogen and oxygen atoms in total. The average Bonchev–Trinajstić information content (AvgIpc) is 3.22. The van der Waals surface area contributed by atoms with Crippen molar-refractivity contribution in [3.63, 3.8) is 0 Å². The number of ketones is 1. The van der Waals surface area contributed by atoms with Gasteiger partial charge in [-0.15, -0.1) is 11.3 Å². The highest BCUT2D eigenvalue weighted by molar-refractivity contribution is 7.18. The van der Waals surface area contributed by atoms with E-state index >= 15 is 0 Å². The van der Waals surface area contributed by atoms with Gasteiger partial charge in [0.1, 0.15) is 18.5 Å². The lowest BCUT2D eigenvalue weighted by molar-refractivity contribution is -0.129. The van der Waals surface area contributed by atoms with E-state index in [-0.39, 0.29) is 18.6 Å². The maximum atomic E-state index is 13.1. The maximum Gasteiger partial charge on any atom is 0.156 e. The van der Waals surface area contributed by atoms with E-state index in [1.165, 1.54) is 21.6 Å². The Bertz CT molecular complexity index is 1230. The molecule has 2 heterocycles. The van der Waals surface area contributed by atoms with Crippen LogP contribution in [-0.2, 0) is 27.3 Å². The summed E-state index contributed by atoms with van der Waals surface area (Å²) in [6, 6.07) is 14.4. The normalized spacial score (nSPS) is 23.6. The first kappa shape index (κ1) is 21.2. The first-order chi connectivity index (χ1) is 16.2. The van der Waals surface area contributed by atoms with Crippen molar-refractivity contribution < 1.29 is 14.3 Å². The van der Waals surface area contributed by atoms with Crippen LogP contribution in [0.25, 0.3) is 22.4 Å². The second kappa shape index (κ2) is 9.11. The highest BCUT2D eigenvalue weighted by atomic mass is 32.1. The summed E-state index contributed by atoms with van der Waals surface area (Å²) in [7, 11) is 0. The van der Waals surface area contributed by atoms with Crippen molar-refractivity contribution in [2.45, 2.75) is 38.3 Å². The molecule has 6 rings (SSSR count). The molecule has 3 atom stereocenters. The van der Waals surface area contributed by atoms with Crippen molar-refractivity contribution >= 4 is 39.5 Å². The number of likely N-dealkylation sites (tertiary alicyclic amines) is 1. The number of Topliss-reactive ketones (excluding diaryl/α,β-unsaturated/α-hetero) is 1. The van der Waals surface area contributed by atoms with Crippen LogP contribution in [0.5, 0.6) is 0 Å². The van der Waals surface area contributed by atoms with Crippen LogP contribution in [-0.4, -0.2) is 41.8 Å². The molecule has 2 aromatic carbocycles. The zero-order valence-electron chi connectivity index (χ0n) is 18.6. The Morgan fingerprint density at radius 1 is 1.09 bits per heavy atom. The van der Waals surface area contributed by atoms with Crippen LogP contribution in [0.3, 0.4) is 0 Å². The van der Waals surface area contributed by atoms with Crippen molar-refractivity contribution in [2.75, 3.05) is 20.1 Å². The molecule has 2 fully saturated rings. The molecule has 2 aliphatic carbocycles. The zero-order valence-corrected chi connectivity index (χ0v) is 19.4. The number of benzene rings is 2. The standard InChI is InChI=1S/C27H28N2O3S/c30-25(24-7-4-8-29(24)16-32-17-31-15-18-5-2-1-3-6-18)14-27-28-23-12-21-10-19-9-20(19)11-22(21)13-26(23)33-27/h1-3,5-6,10-13,19-20,24H,4,7-9,14-17H2/t19?,20?,24-/m0/s1. The SMILES string of the molecule is O=C(Cc1nc2cc3c(cc2s1)=CC1CC1C=3)[C@@H]1CCCN1COCOCc1ccccc1. The Hall–Kier alpha value is -2.38. The molecular weight excluding hydrogens is 432 g/mol. The Morgan fingerprint density at radius 2 is 1.91 bits per heavy atom. The summed E-state index contributed by atoms with van der Waals surface area (Å²) < 4.78 is 12.5. The van der Waals surface area contributed by atoms with E-state index in [2.05, 4.69) is 29.2 Å². The number of carbonyl (C=O) groups excluding carboxylic acids is 1. The Balaban J connectivity index is 1.04. The van der Waals surface area contributed by atoms with E-state index in [0.29, 0.717) is 19.8 Å². The van der Waals surface area contributed by atoms with Crippen LogP contribution in [0.2, 0.25) is 0 Å². The summed E-state index contributed by atoms with van der Waals surface area (Å²) in [5.41, 5.74) is 2.15. The largest absolute Gasteiger partial charge is 0.351 e. The number of hydrogen-bond donors (Lipinski definition) is 0. The summed E-state index contributed by atoms with van der Waals surface area (Å²) >= 11 is 1.66. The van der Waals surface area contributed by atoms with Gasteiger partial charge in [-0.25, -0.2) is 4.98 Å². The average molecular weight is 461 g/mol. The van der Waals surface area contributed by atoms with Gasteiger partial charge in [-0.1, -0.05) is 42.5 Å². The Kier molecular flexibility index (Phi) is 5.84. The monoisotopic (exact) mass is 460 g/mol. The van der Waals surface area contributed by atoms with Crippen LogP contribution >= 0.6 is 11.3 Å². The molecule has 1 aliphatic heterocycles. The number of ether oxygens (including phenoxy) is 2. The van der Waals surface area contributed by atoms with Gasteiger partial charge in [0.05, 0.1) is 29.3 Å². The molecule has 0 bridgehead atoms. The van der Waals surface area contributed by atoms with E-state index < -0.39 is 0 Å². The molecular formula is C27H28N2O3S. The quantitative estimate of drug-likeness (QED) is 0.363. The van der Waals surface area contributed by atoms with Crippen LogP contribution < -0.4 is 10.4 Å². The first-order valence-electron chi connectivity index (χ1n) is 11.8. The van der Waals surface area contributed by atoms with Gasteiger partial charge in [0.25, 0.3) is 0 Å². The van der Waals surface area contributed by atoms with E-state index in [0.717, 1.165) is 47.3 Å². The number of aromatic nitrogens is 1. The van der Waals surface area contributed by atoms with Crippen LogP contribution in [0.1, 0.15) is 29.8 Å². The second-order valence-corrected chi connectivity index (χ2v) is 10.5. The van der Waals surface area contributed by atoms with E-state index in [4.69, 9.17) is 14.5 Å². The molecule has 3 aromatic rings. The minimum absolute atomic E-state index is 0.0897. The number of fused-ring (bicyclic) bond motifs is 3. The fraction of sp³-hybridized carbons (Fsp3) is 0.407. The van der Waals surface area contributed by atoms with Gasteiger partial charge in [-0.3, -0.25) is 9.69 Å². The van der Waals surface area contributed by atoms with Crippen LogP contribution in [0.4, 0.5) is 0 Å².